The maximum atomic E-state index is 12.3. The first-order valence-corrected chi connectivity index (χ1v) is 6.44. The fraction of sp³-hybridized carbons (Fsp3) is 0.286. The molecule has 1 aromatic rings. The average molecular weight is 256 g/mol. The fourth-order valence-electron chi connectivity index (χ4n) is 2.47. The van der Waals surface area contributed by atoms with Crippen molar-refractivity contribution in [1.82, 2.24) is 15.8 Å². The molecule has 2 heterocycles. The van der Waals surface area contributed by atoms with Gasteiger partial charge in [-0.05, 0) is 31.1 Å². The highest BCUT2D eigenvalue weighted by molar-refractivity contribution is 5.95. The van der Waals surface area contributed by atoms with Crippen LogP contribution in [0.5, 0.6) is 0 Å². The number of nitrogens with zero attached hydrogens (tertiary/aromatic N) is 1. The van der Waals surface area contributed by atoms with Gasteiger partial charge in [0, 0.05) is 29.7 Å². The number of anilines is 1. The third kappa shape index (κ3) is 2.51. The Bertz CT molecular complexity index is 524. The standard InChI is InChI=1S/C14H16N4O/c19-14(16-10-6-8-15-9-7-10)13-11-4-2-1-3-5-12(11)17-18-13/h1,3,5-9,11,13,17-18H,2,4H2,(H,15,16,19). The van der Waals surface area contributed by atoms with Gasteiger partial charge in [-0.3, -0.25) is 9.78 Å². The van der Waals surface area contributed by atoms with Crippen LogP contribution in [-0.2, 0) is 4.79 Å². The van der Waals surface area contributed by atoms with Crippen LogP contribution in [0.1, 0.15) is 12.8 Å². The molecular weight excluding hydrogens is 240 g/mol. The van der Waals surface area contributed by atoms with Crippen LogP contribution in [0, 0.1) is 5.92 Å². The van der Waals surface area contributed by atoms with Gasteiger partial charge >= 0.3 is 0 Å². The molecule has 3 rings (SSSR count). The normalized spacial score (nSPS) is 24.9. The molecule has 1 amide bonds. The SMILES string of the molecule is O=C(Nc1ccncc1)C1NNC2=CC=CCCC21. The van der Waals surface area contributed by atoms with Gasteiger partial charge in [-0.1, -0.05) is 12.2 Å². The summed E-state index contributed by atoms with van der Waals surface area (Å²) in [5.74, 6) is 0.186. The Hall–Kier alpha value is -2.14. The van der Waals surface area contributed by atoms with Gasteiger partial charge < -0.3 is 10.7 Å². The van der Waals surface area contributed by atoms with Crippen molar-refractivity contribution in [2.45, 2.75) is 18.9 Å². The molecule has 0 spiro atoms. The minimum absolute atomic E-state index is 0.0194. The van der Waals surface area contributed by atoms with Gasteiger partial charge in [-0.15, -0.1) is 0 Å². The van der Waals surface area contributed by atoms with Crippen LogP contribution in [0.25, 0.3) is 0 Å². The van der Waals surface area contributed by atoms with E-state index in [0.717, 1.165) is 24.2 Å². The van der Waals surface area contributed by atoms with Gasteiger partial charge in [0.2, 0.25) is 5.91 Å². The van der Waals surface area contributed by atoms with E-state index in [1.54, 1.807) is 24.5 Å². The molecule has 2 unspecified atom stereocenters. The van der Waals surface area contributed by atoms with E-state index < -0.39 is 0 Å². The second kappa shape index (κ2) is 5.24. The molecule has 98 valence electrons. The molecular formula is C14H16N4O. The number of hydrogen-bond acceptors (Lipinski definition) is 4. The zero-order chi connectivity index (χ0) is 13.1. The summed E-state index contributed by atoms with van der Waals surface area (Å²) in [6.07, 6.45) is 11.5. The van der Waals surface area contributed by atoms with Crippen molar-refractivity contribution >= 4 is 11.6 Å². The maximum absolute atomic E-state index is 12.3. The number of hydrazine groups is 1. The van der Waals surface area contributed by atoms with Crippen LogP contribution in [-0.4, -0.2) is 16.9 Å². The molecule has 0 saturated carbocycles. The number of fused-ring (bicyclic) bond motifs is 1. The summed E-state index contributed by atoms with van der Waals surface area (Å²) >= 11 is 0. The fourth-order valence-corrected chi connectivity index (χ4v) is 2.47. The van der Waals surface area contributed by atoms with Gasteiger partial charge in [0.25, 0.3) is 0 Å². The largest absolute Gasteiger partial charge is 0.325 e. The average Bonchev–Trinajstić information content (AvgIpc) is 2.69. The Morgan fingerprint density at radius 1 is 1.37 bits per heavy atom. The molecule has 1 aliphatic heterocycles. The summed E-state index contributed by atoms with van der Waals surface area (Å²) in [5, 5.41) is 2.91. The summed E-state index contributed by atoms with van der Waals surface area (Å²) in [6, 6.07) is 3.33. The Morgan fingerprint density at radius 2 is 2.21 bits per heavy atom. The summed E-state index contributed by atoms with van der Waals surface area (Å²) in [7, 11) is 0. The van der Waals surface area contributed by atoms with Crippen LogP contribution in [0.4, 0.5) is 5.69 Å². The summed E-state index contributed by atoms with van der Waals surface area (Å²) in [4.78, 5) is 16.2. The number of carbonyl (C=O) groups excluding carboxylic acids is 1. The molecule has 1 saturated heterocycles. The maximum Gasteiger partial charge on any atom is 0.244 e. The van der Waals surface area contributed by atoms with E-state index in [-0.39, 0.29) is 17.9 Å². The molecule has 1 aromatic heterocycles. The summed E-state index contributed by atoms with van der Waals surface area (Å²) < 4.78 is 0. The van der Waals surface area contributed by atoms with E-state index in [2.05, 4.69) is 27.2 Å². The molecule has 5 nitrogen and oxygen atoms in total. The number of allylic oxidation sites excluding steroid dienone is 3. The summed E-state index contributed by atoms with van der Waals surface area (Å²) in [6.45, 7) is 0. The third-order valence-electron chi connectivity index (χ3n) is 3.46. The topological polar surface area (TPSA) is 66.0 Å². The van der Waals surface area contributed by atoms with Gasteiger partial charge in [0.05, 0.1) is 0 Å². The highest BCUT2D eigenvalue weighted by Gasteiger charge is 2.36. The Balaban J connectivity index is 1.71. The van der Waals surface area contributed by atoms with E-state index in [1.807, 2.05) is 12.2 Å². The smallest absolute Gasteiger partial charge is 0.244 e. The zero-order valence-corrected chi connectivity index (χ0v) is 10.5. The van der Waals surface area contributed by atoms with E-state index in [4.69, 9.17) is 0 Å². The molecule has 0 bridgehead atoms. The lowest BCUT2D eigenvalue weighted by Crippen LogP contribution is -2.42. The molecule has 1 aliphatic carbocycles. The predicted molar refractivity (Wildman–Crippen MR) is 72.9 cm³/mol. The number of rotatable bonds is 2. The number of amides is 1. The van der Waals surface area contributed by atoms with Gasteiger partial charge in [0.15, 0.2) is 0 Å². The van der Waals surface area contributed by atoms with E-state index in [0.29, 0.717) is 0 Å². The predicted octanol–water partition coefficient (Wildman–Crippen LogP) is 1.35. The zero-order valence-electron chi connectivity index (χ0n) is 10.5. The first-order chi connectivity index (χ1) is 9.34. The molecule has 3 N–H and O–H groups in total. The number of hydrogen-bond donors (Lipinski definition) is 3. The summed E-state index contributed by atoms with van der Waals surface area (Å²) in [5.41, 5.74) is 8.02. The number of carbonyl (C=O) groups is 1. The molecule has 2 aliphatic rings. The van der Waals surface area contributed by atoms with Crippen molar-refractivity contribution in [2.75, 3.05) is 5.32 Å². The second-order valence-corrected chi connectivity index (χ2v) is 4.71. The molecule has 0 aromatic carbocycles. The van der Waals surface area contributed by atoms with Crippen LogP contribution >= 0.6 is 0 Å². The lowest BCUT2D eigenvalue weighted by atomic mass is 9.93. The minimum Gasteiger partial charge on any atom is -0.325 e. The number of nitrogens with one attached hydrogen (secondary N) is 3. The Labute approximate surface area is 111 Å². The van der Waals surface area contributed by atoms with Crippen molar-refractivity contribution in [1.29, 1.82) is 0 Å². The van der Waals surface area contributed by atoms with Crippen molar-refractivity contribution in [3.63, 3.8) is 0 Å². The first-order valence-electron chi connectivity index (χ1n) is 6.44. The number of aromatic nitrogens is 1. The van der Waals surface area contributed by atoms with Crippen molar-refractivity contribution in [3.05, 3.63) is 48.5 Å². The van der Waals surface area contributed by atoms with Crippen molar-refractivity contribution in [3.8, 4) is 0 Å². The number of pyridine rings is 1. The van der Waals surface area contributed by atoms with Gasteiger partial charge in [-0.2, -0.15) is 0 Å². The Morgan fingerprint density at radius 3 is 3.05 bits per heavy atom. The molecule has 2 atom stereocenters. The molecule has 5 heteroatoms. The molecule has 19 heavy (non-hydrogen) atoms. The third-order valence-corrected chi connectivity index (χ3v) is 3.46. The van der Waals surface area contributed by atoms with Gasteiger partial charge in [-0.25, -0.2) is 5.43 Å². The van der Waals surface area contributed by atoms with Crippen LogP contribution in [0.3, 0.4) is 0 Å². The second-order valence-electron chi connectivity index (χ2n) is 4.71. The van der Waals surface area contributed by atoms with Crippen molar-refractivity contribution < 1.29 is 4.79 Å². The lowest BCUT2D eigenvalue weighted by molar-refractivity contribution is -0.118. The van der Waals surface area contributed by atoms with Crippen LogP contribution in [0.15, 0.2) is 48.5 Å². The quantitative estimate of drug-likeness (QED) is 0.747. The monoisotopic (exact) mass is 256 g/mol. The molecule has 0 radical (unpaired) electrons. The minimum atomic E-state index is -0.237. The lowest BCUT2D eigenvalue weighted by Gasteiger charge is -2.16. The Kier molecular flexibility index (Phi) is 3.29. The van der Waals surface area contributed by atoms with Gasteiger partial charge in [0.1, 0.15) is 6.04 Å². The van der Waals surface area contributed by atoms with Crippen LogP contribution < -0.4 is 16.2 Å². The highest BCUT2D eigenvalue weighted by atomic mass is 16.2. The molecule has 1 fully saturated rings. The van der Waals surface area contributed by atoms with Crippen LogP contribution in [0.2, 0.25) is 0 Å². The highest BCUT2D eigenvalue weighted by Crippen LogP contribution is 2.26. The van der Waals surface area contributed by atoms with E-state index in [9.17, 15) is 4.79 Å². The van der Waals surface area contributed by atoms with E-state index >= 15 is 0 Å². The van der Waals surface area contributed by atoms with E-state index in [1.165, 1.54) is 0 Å². The first kappa shape index (κ1) is 11.9. The van der Waals surface area contributed by atoms with Crippen molar-refractivity contribution in [2.24, 2.45) is 5.92 Å².